The molecule has 7 heteroatoms. The first-order valence-electron chi connectivity index (χ1n) is 3.93. The number of rotatable bonds is 2. The Balaban J connectivity index is 3.51. The molecule has 0 saturated heterocycles. The van der Waals surface area contributed by atoms with Gasteiger partial charge < -0.3 is 0 Å². The van der Waals surface area contributed by atoms with Gasteiger partial charge in [-0.1, -0.05) is 11.6 Å². The molecule has 0 aromatic heterocycles. The fraction of sp³-hybridized carbons (Fsp3) is 0.222. The third kappa shape index (κ3) is 2.70. The van der Waals surface area contributed by atoms with E-state index in [9.17, 15) is 18.0 Å². The molecule has 1 aromatic rings. The molecule has 0 radical (unpaired) electrons. The van der Waals surface area contributed by atoms with Crippen molar-refractivity contribution in [2.24, 2.45) is 0 Å². The van der Waals surface area contributed by atoms with Crippen molar-refractivity contribution in [2.75, 3.05) is 5.88 Å². The number of carbonyl (C=O) groups is 1. The SMILES string of the molecule is O=C(CCl)c1c(C(F)(F)F)ccc(Br)c1Cl. The maximum atomic E-state index is 12.6. The van der Waals surface area contributed by atoms with Crippen LogP contribution in [0.2, 0.25) is 5.02 Å². The Kier molecular flexibility index (Phi) is 4.26. The zero-order chi connectivity index (χ0) is 12.5. The quantitative estimate of drug-likeness (QED) is 0.572. The van der Waals surface area contributed by atoms with Crippen LogP contribution in [0.3, 0.4) is 0 Å². The zero-order valence-corrected chi connectivity index (χ0v) is 10.6. The second-order valence-corrected chi connectivity index (χ2v) is 4.34. The fourth-order valence-electron chi connectivity index (χ4n) is 1.13. The summed E-state index contributed by atoms with van der Waals surface area (Å²) in [6.07, 6.45) is -4.64. The summed E-state index contributed by atoms with van der Waals surface area (Å²) < 4.78 is 38.0. The highest BCUT2D eigenvalue weighted by atomic mass is 79.9. The van der Waals surface area contributed by atoms with E-state index in [0.717, 1.165) is 12.1 Å². The van der Waals surface area contributed by atoms with Crippen molar-refractivity contribution in [3.05, 3.63) is 32.8 Å². The molecule has 16 heavy (non-hydrogen) atoms. The van der Waals surface area contributed by atoms with Gasteiger partial charge in [0.25, 0.3) is 0 Å². The van der Waals surface area contributed by atoms with Gasteiger partial charge in [-0.05, 0) is 28.1 Å². The predicted molar refractivity (Wildman–Crippen MR) is 59.2 cm³/mol. The number of hydrogen-bond acceptors (Lipinski definition) is 1. The van der Waals surface area contributed by atoms with E-state index < -0.39 is 29.0 Å². The summed E-state index contributed by atoms with van der Waals surface area (Å²) >= 11 is 13.8. The summed E-state index contributed by atoms with van der Waals surface area (Å²) in [7, 11) is 0. The first kappa shape index (κ1) is 13.8. The number of halogens is 6. The van der Waals surface area contributed by atoms with Crippen LogP contribution in [-0.4, -0.2) is 11.7 Å². The molecule has 0 spiro atoms. The minimum atomic E-state index is -4.64. The Morgan fingerprint density at radius 3 is 2.38 bits per heavy atom. The lowest BCUT2D eigenvalue weighted by atomic mass is 10.0. The average Bonchev–Trinajstić information content (AvgIpc) is 2.19. The van der Waals surface area contributed by atoms with Gasteiger partial charge in [0, 0.05) is 4.47 Å². The van der Waals surface area contributed by atoms with E-state index in [-0.39, 0.29) is 9.50 Å². The molecule has 1 rings (SSSR count). The Bertz CT molecular complexity index is 431. The first-order chi connectivity index (χ1) is 7.29. The largest absolute Gasteiger partial charge is 0.417 e. The van der Waals surface area contributed by atoms with Crippen molar-refractivity contribution in [3.63, 3.8) is 0 Å². The smallest absolute Gasteiger partial charge is 0.293 e. The zero-order valence-electron chi connectivity index (χ0n) is 7.54. The van der Waals surface area contributed by atoms with E-state index in [1.165, 1.54) is 0 Å². The van der Waals surface area contributed by atoms with Crippen LogP contribution in [-0.2, 0) is 6.18 Å². The van der Waals surface area contributed by atoms with Crippen LogP contribution in [0.4, 0.5) is 13.2 Å². The number of Topliss-reactive ketones (excluding diaryl/α,β-unsaturated/α-hetero) is 1. The Labute approximate surface area is 108 Å². The van der Waals surface area contributed by atoms with Crippen molar-refractivity contribution in [3.8, 4) is 0 Å². The van der Waals surface area contributed by atoms with Gasteiger partial charge in [-0.2, -0.15) is 13.2 Å². The summed E-state index contributed by atoms with van der Waals surface area (Å²) in [5.41, 5.74) is -1.68. The van der Waals surface area contributed by atoms with Gasteiger partial charge in [-0.25, -0.2) is 0 Å². The third-order valence-corrected chi connectivity index (χ3v) is 3.32. The monoisotopic (exact) mass is 334 g/mol. The van der Waals surface area contributed by atoms with Crippen molar-refractivity contribution >= 4 is 44.9 Å². The molecule has 0 saturated carbocycles. The van der Waals surface area contributed by atoms with E-state index >= 15 is 0 Å². The summed E-state index contributed by atoms with van der Waals surface area (Å²) in [5.74, 6) is -1.42. The highest BCUT2D eigenvalue weighted by Crippen LogP contribution is 2.38. The maximum Gasteiger partial charge on any atom is 0.417 e. The molecule has 0 aliphatic rings. The highest BCUT2D eigenvalue weighted by molar-refractivity contribution is 9.10. The van der Waals surface area contributed by atoms with Gasteiger partial charge in [-0.3, -0.25) is 4.79 Å². The molecule has 88 valence electrons. The molecular weight excluding hydrogens is 332 g/mol. The van der Waals surface area contributed by atoms with Gasteiger partial charge in [0.2, 0.25) is 0 Å². The highest BCUT2D eigenvalue weighted by Gasteiger charge is 2.36. The summed E-state index contributed by atoms with van der Waals surface area (Å²) in [4.78, 5) is 11.3. The van der Waals surface area contributed by atoms with Crippen LogP contribution in [0.25, 0.3) is 0 Å². The lowest BCUT2D eigenvalue weighted by Gasteiger charge is -2.13. The normalized spacial score (nSPS) is 11.6. The lowest BCUT2D eigenvalue weighted by molar-refractivity contribution is -0.137. The molecule has 0 aliphatic carbocycles. The van der Waals surface area contributed by atoms with Crippen LogP contribution in [0.5, 0.6) is 0 Å². The molecule has 0 fully saturated rings. The van der Waals surface area contributed by atoms with E-state index in [1.807, 2.05) is 0 Å². The molecule has 0 unspecified atom stereocenters. The summed E-state index contributed by atoms with van der Waals surface area (Å²) in [5, 5.41) is -0.277. The molecule has 0 bridgehead atoms. The van der Waals surface area contributed by atoms with Crippen LogP contribution in [0, 0.1) is 0 Å². The first-order valence-corrected chi connectivity index (χ1v) is 5.64. The lowest BCUT2D eigenvalue weighted by Crippen LogP contribution is -2.14. The Morgan fingerprint density at radius 2 is 1.94 bits per heavy atom. The Hall–Kier alpha value is -0.260. The van der Waals surface area contributed by atoms with Gasteiger partial charge in [-0.15, -0.1) is 11.6 Å². The third-order valence-electron chi connectivity index (χ3n) is 1.80. The second-order valence-electron chi connectivity index (χ2n) is 2.84. The molecule has 0 aliphatic heterocycles. The molecule has 1 nitrogen and oxygen atoms in total. The summed E-state index contributed by atoms with van der Waals surface area (Å²) in [6, 6.07) is 1.92. The van der Waals surface area contributed by atoms with Crippen LogP contribution in [0.1, 0.15) is 15.9 Å². The number of carbonyl (C=O) groups excluding carboxylic acids is 1. The molecule has 0 amide bonds. The van der Waals surface area contributed by atoms with Gasteiger partial charge >= 0.3 is 6.18 Å². The van der Waals surface area contributed by atoms with Gasteiger partial charge in [0.15, 0.2) is 5.78 Å². The Morgan fingerprint density at radius 1 is 1.38 bits per heavy atom. The molecule has 0 heterocycles. The van der Waals surface area contributed by atoms with Crippen molar-refractivity contribution in [2.45, 2.75) is 6.18 Å². The van der Waals surface area contributed by atoms with E-state index in [2.05, 4.69) is 15.9 Å². The standard InChI is InChI=1S/C9H4BrCl2F3O/c10-5-2-1-4(9(13,14)15)7(8(5)12)6(16)3-11/h1-2H,3H2. The number of ketones is 1. The number of benzene rings is 1. The average molecular weight is 336 g/mol. The van der Waals surface area contributed by atoms with Crippen LogP contribution < -0.4 is 0 Å². The maximum absolute atomic E-state index is 12.6. The molecule has 0 N–H and O–H groups in total. The topological polar surface area (TPSA) is 17.1 Å². The number of alkyl halides is 4. The van der Waals surface area contributed by atoms with E-state index in [4.69, 9.17) is 23.2 Å². The number of hydrogen-bond donors (Lipinski definition) is 0. The van der Waals surface area contributed by atoms with E-state index in [1.54, 1.807) is 0 Å². The fourth-order valence-corrected chi connectivity index (χ4v) is 1.86. The summed E-state index contributed by atoms with van der Waals surface area (Å²) in [6.45, 7) is 0. The molecule has 0 atom stereocenters. The minimum absolute atomic E-state index is 0.218. The second kappa shape index (κ2) is 4.94. The van der Waals surface area contributed by atoms with Gasteiger partial charge in [0.1, 0.15) is 0 Å². The van der Waals surface area contributed by atoms with Crippen molar-refractivity contribution in [1.29, 1.82) is 0 Å². The van der Waals surface area contributed by atoms with Crippen molar-refractivity contribution < 1.29 is 18.0 Å². The van der Waals surface area contributed by atoms with Gasteiger partial charge in [0.05, 0.1) is 22.0 Å². The van der Waals surface area contributed by atoms with Crippen molar-refractivity contribution in [1.82, 2.24) is 0 Å². The van der Waals surface area contributed by atoms with E-state index in [0.29, 0.717) is 0 Å². The van der Waals surface area contributed by atoms with Crippen LogP contribution >= 0.6 is 39.1 Å². The minimum Gasteiger partial charge on any atom is -0.293 e. The van der Waals surface area contributed by atoms with Crippen LogP contribution in [0.15, 0.2) is 16.6 Å². The molecular formula is C9H4BrCl2F3O. The molecule has 1 aromatic carbocycles. The predicted octanol–water partition coefficient (Wildman–Crippen LogP) is 4.54.